The second kappa shape index (κ2) is 18.0. The monoisotopic (exact) mass is 876 g/mol. The summed E-state index contributed by atoms with van der Waals surface area (Å²) >= 11 is 0. The van der Waals surface area contributed by atoms with Gasteiger partial charge in [0.15, 0.2) is 5.82 Å². The van der Waals surface area contributed by atoms with Crippen molar-refractivity contribution in [3.63, 3.8) is 0 Å². The minimum absolute atomic E-state index is 0.0502. The Morgan fingerprint density at radius 1 is 0.591 bits per heavy atom. The number of pyridine rings is 2. The molecule has 10 unspecified atom stereocenters. The van der Waals surface area contributed by atoms with Crippen LogP contribution in [0.25, 0.3) is 44.3 Å². The van der Waals surface area contributed by atoms with E-state index < -0.39 is 12.2 Å². The van der Waals surface area contributed by atoms with Crippen molar-refractivity contribution >= 4 is 21.8 Å². The highest BCUT2D eigenvalue weighted by molar-refractivity contribution is 5.85. The summed E-state index contributed by atoms with van der Waals surface area (Å²) in [4.78, 5) is 25.7. The lowest BCUT2D eigenvalue weighted by molar-refractivity contribution is -0.0388. The number of methoxy groups -OCH3 is 2. The summed E-state index contributed by atoms with van der Waals surface area (Å²) < 4.78 is 27.1. The van der Waals surface area contributed by atoms with Crippen molar-refractivity contribution in [1.29, 1.82) is 0 Å². The molecule has 0 spiro atoms. The molecule has 0 amide bonds. The predicted octanol–water partition coefficient (Wildman–Crippen LogP) is 11.0. The topological polar surface area (TPSA) is 95.0 Å². The molecule has 6 fully saturated rings. The van der Waals surface area contributed by atoms with Crippen LogP contribution in [-0.2, 0) is 0 Å². The molecule has 10 atom stereocenters. The molecule has 4 aromatic carbocycles. The molecular weight excluding hydrogens is 821 g/mol. The van der Waals surface area contributed by atoms with Crippen molar-refractivity contribution in [1.82, 2.24) is 29.7 Å². The van der Waals surface area contributed by atoms with E-state index in [2.05, 4.69) is 83.6 Å². The van der Waals surface area contributed by atoms with Gasteiger partial charge in [0.2, 0.25) is 11.8 Å². The largest absolute Gasteiger partial charge is 0.497 e. The minimum atomic E-state index is -0.437. The maximum absolute atomic E-state index is 7.73. The molecule has 0 radical (unpaired) electrons. The van der Waals surface area contributed by atoms with Gasteiger partial charge >= 0.3 is 0 Å². The molecule has 10 heteroatoms. The smallest absolute Gasteiger partial charge is 0.229 e. The number of rotatable bonds is 14. The SMILES string of the molecule is C=CC1CN2CCC1CC2C(Oc1nc(-c2ccccc2)nc(OC(c2ccnc3ccc(OC)cc23)C2CC3CCN2CC3C=C)c1-c1ccccc1)c1ccnc2ccc(OC)cc12. The summed E-state index contributed by atoms with van der Waals surface area (Å²) in [6.45, 7) is 12.3. The summed E-state index contributed by atoms with van der Waals surface area (Å²) in [7, 11) is 3.41. The van der Waals surface area contributed by atoms with E-state index in [-0.39, 0.29) is 12.1 Å². The summed E-state index contributed by atoms with van der Waals surface area (Å²) in [6, 6.07) is 37.0. The summed E-state index contributed by atoms with van der Waals surface area (Å²) in [5, 5.41) is 1.97. The first-order chi connectivity index (χ1) is 32.5. The van der Waals surface area contributed by atoms with Crippen LogP contribution in [0.5, 0.6) is 23.3 Å². The number of ether oxygens (including phenoxy) is 4. The molecule has 0 N–H and O–H groups in total. The van der Waals surface area contributed by atoms with E-state index in [4.69, 9.17) is 38.9 Å². The molecule has 9 heterocycles. The van der Waals surface area contributed by atoms with Crippen LogP contribution >= 0.6 is 0 Å². The molecule has 6 aliphatic rings. The van der Waals surface area contributed by atoms with Gasteiger partial charge in [0, 0.05) is 52.9 Å². The van der Waals surface area contributed by atoms with E-state index in [0.717, 1.165) is 107 Å². The van der Waals surface area contributed by atoms with Gasteiger partial charge in [0.25, 0.3) is 0 Å². The number of nitrogens with zero attached hydrogens (tertiary/aromatic N) is 6. The molecule has 4 bridgehead atoms. The van der Waals surface area contributed by atoms with Gasteiger partial charge in [-0.15, -0.1) is 13.2 Å². The first-order valence-electron chi connectivity index (χ1n) is 23.4. The van der Waals surface area contributed by atoms with Crippen LogP contribution < -0.4 is 18.9 Å². The molecule has 10 nitrogen and oxygen atoms in total. The van der Waals surface area contributed by atoms with Crippen LogP contribution in [0.4, 0.5) is 0 Å². The van der Waals surface area contributed by atoms with Gasteiger partial charge in [-0.05, 0) is 117 Å². The number of hydrogen-bond acceptors (Lipinski definition) is 10. The molecule has 6 aliphatic heterocycles. The third-order valence-corrected chi connectivity index (χ3v) is 15.0. The normalized spacial score (nSPS) is 25.2. The predicted molar refractivity (Wildman–Crippen MR) is 260 cm³/mol. The van der Waals surface area contributed by atoms with Crippen molar-refractivity contribution in [3.8, 4) is 45.8 Å². The lowest BCUT2D eigenvalue weighted by atomic mass is 9.73. The zero-order valence-electron chi connectivity index (χ0n) is 37.7. The Kier molecular flexibility index (Phi) is 11.5. The number of piperidine rings is 6. The van der Waals surface area contributed by atoms with Crippen molar-refractivity contribution < 1.29 is 18.9 Å². The van der Waals surface area contributed by atoms with Crippen molar-refractivity contribution in [2.75, 3.05) is 40.4 Å². The van der Waals surface area contributed by atoms with Crippen LogP contribution in [0.15, 0.2) is 147 Å². The van der Waals surface area contributed by atoms with E-state index in [0.29, 0.717) is 46.8 Å². The molecule has 13 rings (SSSR count). The molecule has 0 aliphatic carbocycles. The van der Waals surface area contributed by atoms with E-state index >= 15 is 0 Å². The third kappa shape index (κ3) is 7.75. The van der Waals surface area contributed by atoms with Crippen LogP contribution in [0.1, 0.15) is 49.0 Å². The summed E-state index contributed by atoms with van der Waals surface area (Å²) in [6.07, 6.45) is 11.4. The molecule has 3 aromatic heterocycles. The average molecular weight is 877 g/mol. The summed E-state index contributed by atoms with van der Waals surface area (Å²) in [5.41, 5.74) is 6.29. The average Bonchev–Trinajstić information content (AvgIpc) is 3.39. The quantitative estimate of drug-likeness (QED) is 0.0983. The highest BCUT2D eigenvalue weighted by Gasteiger charge is 2.46. The molecule has 0 saturated carbocycles. The summed E-state index contributed by atoms with van der Waals surface area (Å²) in [5.74, 6) is 4.84. The first-order valence-corrected chi connectivity index (χ1v) is 23.4. The fourth-order valence-corrected chi connectivity index (χ4v) is 11.5. The second-order valence-corrected chi connectivity index (χ2v) is 18.4. The van der Waals surface area contributed by atoms with Gasteiger partial charge in [-0.1, -0.05) is 72.8 Å². The Bertz CT molecular complexity index is 2740. The van der Waals surface area contributed by atoms with Crippen molar-refractivity contribution in [2.24, 2.45) is 23.7 Å². The number of benzene rings is 4. The van der Waals surface area contributed by atoms with Gasteiger partial charge < -0.3 is 18.9 Å². The lowest BCUT2D eigenvalue weighted by Gasteiger charge is -2.51. The van der Waals surface area contributed by atoms with Crippen LogP contribution in [0, 0.1) is 23.7 Å². The maximum Gasteiger partial charge on any atom is 0.229 e. The maximum atomic E-state index is 7.73. The minimum Gasteiger partial charge on any atom is -0.497 e. The number of aromatic nitrogens is 4. The molecule has 6 saturated heterocycles. The van der Waals surface area contributed by atoms with Gasteiger partial charge in [-0.3, -0.25) is 19.8 Å². The molecule has 66 heavy (non-hydrogen) atoms. The van der Waals surface area contributed by atoms with Crippen molar-refractivity contribution in [2.45, 2.75) is 50.0 Å². The fourth-order valence-electron chi connectivity index (χ4n) is 11.5. The third-order valence-electron chi connectivity index (χ3n) is 15.0. The van der Waals surface area contributed by atoms with Gasteiger partial charge in [0.05, 0.1) is 37.3 Å². The van der Waals surface area contributed by atoms with Crippen LogP contribution in [0.3, 0.4) is 0 Å². The van der Waals surface area contributed by atoms with Gasteiger partial charge in [-0.2, -0.15) is 9.97 Å². The van der Waals surface area contributed by atoms with Gasteiger partial charge in [0.1, 0.15) is 29.3 Å². The second-order valence-electron chi connectivity index (χ2n) is 18.4. The molecule has 7 aromatic rings. The Labute approximate surface area is 387 Å². The molecule has 334 valence electrons. The Balaban J connectivity index is 1.13. The zero-order valence-corrected chi connectivity index (χ0v) is 37.7. The van der Waals surface area contributed by atoms with E-state index in [1.807, 2.05) is 73.1 Å². The van der Waals surface area contributed by atoms with Crippen LogP contribution in [0.2, 0.25) is 0 Å². The van der Waals surface area contributed by atoms with Gasteiger partial charge in [-0.25, -0.2) is 0 Å². The standard InChI is InChI=1S/C56H56N6O4/c1-5-35-33-61-27-23-39(35)29-49(61)52(43-21-25-57-47-19-17-41(63-3)31-45(43)47)65-55-51(37-13-9-7-10-14-37)56(60-54(59-55)38-15-11-8-12-16-38)66-53(50-30-40-24-28-62(50)34-36(40)6-2)44-22-26-58-48-20-18-42(64-4)32-46(44)48/h5-22,25-26,31-32,35-36,39-40,49-50,52-53H,1-2,23-24,27-30,33-34H2,3-4H3. The highest BCUT2D eigenvalue weighted by Crippen LogP contribution is 2.49. The number of fused-ring (bicyclic) bond motifs is 8. The van der Waals surface area contributed by atoms with Crippen molar-refractivity contribution in [3.05, 3.63) is 158 Å². The fraction of sp³-hybridized carbons (Fsp3) is 0.321. The van der Waals surface area contributed by atoms with E-state index in [1.54, 1.807) is 14.2 Å². The Hall–Kier alpha value is -6.62. The molecular formula is C56H56N6O4. The van der Waals surface area contributed by atoms with E-state index in [1.165, 1.54) is 0 Å². The first kappa shape index (κ1) is 42.0. The Morgan fingerprint density at radius 2 is 1.06 bits per heavy atom. The van der Waals surface area contributed by atoms with Crippen LogP contribution in [-0.4, -0.2) is 82.2 Å². The van der Waals surface area contributed by atoms with E-state index in [9.17, 15) is 0 Å². The lowest BCUT2D eigenvalue weighted by Crippen LogP contribution is -2.55. The zero-order chi connectivity index (χ0) is 44.7. The Morgan fingerprint density at radius 3 is 1.48 bits per heavy atom. The number of hydrogen-bond donors (Lipinski definition) is 0. The highest BCUT2D eigenvalue weighted by atomic mass is 16.5.